The Kier molecular flexibility index (Phi) is 5.77. The molecule has 2 aromatic heterocycles. The monoisotopic (exact) mass is 496 g/mol. The van der Waals surface area contributed by atoms with Crippen LogP contribution in [0.5, 0.6) is 0 Å². The van der Waals surface area contributed by atoms with Gasteiger partial charge in [-0.1, -0.05) is 0 Å². The highest BCUT2D eigenvalue weighted by Gasteiger charge is 2.44. The number of hydrazone groups is 1. The number of carbonyl (C=O) groups excluding carboxylic acids is 1. The number of carbonyl (C=O) groups is 1. The molecule has 0 aliphatic carbocycles. The van der Waals surface area contributed by atoms with E-state index in [-0.39, 0.29) is 18.2 Å². The van der Waals surface area contributed by atoms with Gasteiger partial charge in [-0.3, -0.25) is 9.58 Å². The van der Waals surface area contributed by atoms with Crippen LogP contribution in [0.4, 0.5) is 10.7 Å². The van der Waals surface area contributed by atoms with E-state index in [0.717, 1.165) is 68.3 Å². The van der Waals surface area contributed by atoms with Crippen LogP contribution >= 0.6 is 0 Å². The van der Waals surface area contributed by atoms with Gasteiger partial charge in [0.25, 0.3) is 0 Å². The van der Waals surface area contributed by atoms with Crippen molar-refractivity contribution in [3.05, 3.63) is 12.0 Å². The first kappa shape index (κ1) is 23.4. The third kappa shape index (κ3) is 4.38. The molecule has 0 radical (unpaired) electrons. The molecule has 36 heavy (non-hydrogen) atoms. The minimum Gasteiger partial charge on any atom is -0.444 e. The molecule has 2 aromatic rings. The van der Waals surface area contributed by atoms with Gasteiger partial charge in [-0.2, -0.15) is 10.1 Å². The number of ether oxygens (including phenoxy) is 2. The Hall–Kier alpha value is -2.95. The number of fused-ring (bicyclic) bond motifs is 2. The predicted octanol–water partition coefficient (Wildman–Crippen LogP) is 2.84. The van der Waals surface area contributed by atoms with Gasteiger partial charge in [0.05, 0.1) is 17.9 Å². The minimum atomic E-state index is -0.483. The van der Waals surface area contributed by atoms with Crippen LogP contribution in [0.25, 0.3) is 11.2 Å². The molecule has 6 rings (SSSR count). The van der Waals surface area contributed by atoms with Crippen LogP contribution in [0.3, 0.4) is 0 Å². The summed E-state index contributed by atoms with van der Waals surface area (Å²) in [6.45, 7) is 10.3. The second kappa shape index (κ2) is 8.86. The summed E-state index contributed by atoms with van der Waals surface area (Å²) in [5, 5.41) is 6.38. The van der Waals surface area contributed by atoms with Crippen molar-refractivity contribution in [3.8, 4) is 0 Å². The first-order valence-corrected chi connectivity index (χ1v) is 13.1. The third-order valence-electron chi connectivity index (χ3n) is 7.58. The van der Waals surface area contributed by atoms with Crippen LogP contribution in [0, 0.1) is 11.8 Å². The lowest BCUT2D eigenvalue weighted by molar-refractivity contribution is -0.0298. The molecule has 4 aliphatic heterocycles. The highest BCUT2D eigenvalue weighted by molar-refractivity contribution is 5.82. The van der Waals surface area contributed by atoms with Gasteiger partial charge in [0.1, 0.15) is 17.3 Å². The summed E-state index contributed by atoms with van der Waals surface area (Å²) in [6.07, 6.45) is 6.75. The van der Waals surface area contributed by atoms with Crippen LogP contribution in [0.2, 0.25) is 0 Å². The molecule has 0 spiro atoms. The molecule has 4 unspecified atom stereocenters. The fourth-order valence-electron chi connectivity index (χ4n) is 5.84. The molecule has 0 bridgehead atoms. The maximum atomic E-state index is 12.6. The minimum absolute atomic E-state index is 0.0420. The maximum absolute atomic E-state index is 12.6. The van der Waals surface area contributed by atoms with E-state index in [1.165, 1.54) is 0 Å². The zero-order valence-corrected chi connectivity index (χ0v) is 21.6. The zero-order chi connectivity index (χ0) is 25.0. The Labute approximate surface area is 211 Å². The molecule has 194 valence electrons. The molecule has 3 fully saturated rings. The van der Waals surface area contributed by atoms with Crippen LogP contribution in [-0.4, -0.2) is 93.7 Å². The van der Waals surface area contributed by atoms with Crippen LogP contribution in [0.15, 0.2) is 11.4 Å². The van der Waals surface area contributed by atoms with E-state index in [9.17, 15) is 4.79 Å². The van der Waals surface area contributed by atoms with E-state index >= 15 is 0 Å². The van der Waals surface area contributed by atoms with Crippen molar-refractivity contribution >= 4 is 29.4 Å². The molecule has 0 N–H and O–H groups in total. The van der Waals surface area contributed by atoms with E-state index in [1.54, 1.807) is 0 Å². The molecule has 4 aliphatic rings. The SMILES string of the molecule is CN1CC(c2nc(N3CC4CN(C(=O)OC(C)(C)C)CC4C3)nc3c2ncn3C2CCCCO2)C=N1. The molecule has 3 saturated heterocycles. The number of aromatic nitrogens is 4. The summed E-state index contributed by atoms with van der Waals surface area (Å²) in [6, 6.07) is 0. The summed E-state index contributed by atoms with van der Waals surface area (Å²) in [4.78, 5) is 31.6. The van der Waals surface area contributed by atoms with Crippen molar-refractivity contribution in [1.29, 1.82) is 0 Å². The highest BCUT2D eigenvalue weighted by atomic mass is 16.6. The largest absolute Gasteiger partial charge is 0.444 e. The lowest BCUT2D eigenvalue weighted by atomic mass is 10.0. The fraction of sp³-hybridized carbons (Fsp3) is 0.720. The number of imidazole rings is 1. The Balaban J connectivity index is 1.27. The molecular weight excluding hydrogens is 460 g/mol. The highest BCUT2D eigenvalue weighted by Crippen LogP contribution is 2.36. The number of amides is 1. The van der Waals surface area contributed by atoms with Crippen molar-refractivity contribution in [1.82, 2.24) is 29.4 Å². The molecule has 1 amide bonds. The summed E-state index contributed by atoms with van der Waals surface area (Å²) in [7, 11) is 1.97. The quantitative estimate of drug-likeness (QED) is 0.639. The molecule has 11 heteroatoms. The number of likely N-dealkylation sites (tertiary alicyclic amines) is 1. The van der Waals surface area contributed by atoms with Gasteiger partial charge in [0, 0.05) is 64.4 Å². The van der Waals surface area contributed by atoms with Crippen molar-refractivity contribution < 1.29 is 14.3 Å². The summed E-state index contributed by atoms with van der Waals surface area (Å²) in [5.74, 6) is 1.56. The molecule has 0 saturated carbocycles. The fourth-order valence-corrected chi connectivity index (χ4v) is 5.84. The number of anilines is 1. The van der Waals surface area contributed by atoms with Crippen molar-refractivity contribution in [2.45, 2.75) is 57.8 Å². The van der Waals surface area contributed by atoms with E-state index in [0.29, 0.717) is 24.9 Å². The Morgan fingerprint density at radius 1 is 1.08 bits per heavy atom. The number of hydrogen-bond acceptors (Lipinski definition) is 9. The maximum Gasteiger partial charge on any atom is 0.410 e. The van der Waals surface area contributed by atoms with Gasteiger partial charge in [-0.05, 0) is 40.0 Å². The summed E-state index contributed by atoms with van der Waals surface area (Å²) in [5.41, 5.74) is 2.10. The first-order valence-electron chi connectivity index (χ1n) is 13.1. The van der Waals surface area contributed by atoms with Gasteiger partial charge in [-0.25, -0.2) is 14.8 Å². The molecule has 6 heterocycles. The van der Waals surface area contributed by atoms with E-state index in [2.05, 4.69) is 14.6 Å². The molecule has 4 atom stereocenters. The summed E-state index contributed by atoms with van der Waals surface area (Å²) >= 11 is 0. The van der Waals surface area contributed by atoms with Crippen LogP contribution in [-0.2, 0) is 9.47 Å². The van der Waals surface area contributed by atoms with Gasteiger partial charge in [0.15, 0.2) is 5.65 Å². The predicted molar refractivity (Wildman–Crippen MR) is 135 cm³/mol. The lowest BCUT2D eigenvalue weighted by Crippen LogP contribution is -2.37. The number of rotatable bonds is 3. The number of likely N-dealkylation sites (N-methyl/N-ethyl adjacent to an activating group) is 1. The topological polar surface area (TPSA) is 101 Å². The van der Waals surface area contributed by atoms with Crippen LogP contribution in [0.1, 0.15) is 57.9 Å². The normalized spacial score (nSPS) is 28.4. The van der Waals surface area contributed by atoms with Gasteiger partial charge in [-0.15, -0.1) is 0 Å². The second-order valence-corrected chi connectivity index (χ2v) is 11.6. The smallest absolute Gasteiger partial charge is 0.410 e. The van der Waals surface area contributed by atoms with E-state index in [4.69, 9.17) is 24.4 Å². The standard InChI is InChI=1S/C25H36N8O3/c1-25(2,3)36-24(34)32-13-17-11-31(12-18(17)14-32)23-28-20(16-9-27-30(4)10-16)21-22(29-23)33(15-26-21)19-7-5-6-8-35-19/h9,15-19H,5-8,10-14H2,1-4H3. The van der Waals surface area contributed by atoms with Gasteiger partial charge >= 0.3 is 6.09 Å². The van der Waals surface area contributed by atoms with E-state index < -0.39 is 5.60 Å². The first-order chi connectivity index (χ1) is 17.2. The zero-order valence-electron chi connectivity index (χ0n) is 21.6. The molecule has 0 aromatic carbocycles. The third-order valence-corrected chi connectivity index (χ3v) is 7.58. The Morgan fingerprint density at radius 3 is 2.50 bits per heavy atom. The average Bonchev–Trinajstić information content (AvgIpc) is 3.60. The number of hydrogen-bond donors (Lipinski definition) is 0. The molecular formula is C25H36N8O3. The molecule has 11 nitrogen and oxygen atoms in total. The van der Waals surface area contributed by atoms with E-state index in [1.807, 2.05) is 50.3 Å². The lowest BCUT2D eigenvalue weighted by Gasteiger charge is -2.26. The Bertz CT molecular complexity index is 1150. The van der Waals surface area contributed by atoms with Crippen molar-refractivity contribution in [2.75, 3.05) is 51.3 Å². The van der Waals surface area contributed by atoms with Gasteiger partial charge < -0.3 is 19.3 Å². The average molecular weight is 497 g/mol. The second-order valence-electron chi connectivity index (χ2n) is 11.6. The van der Waals surface area contributed by atoms with Crippen molar-refractivity contribution in [3.63, 3.8) is 0 Å². The van der Waals surface area contributed by atoms with Gasteiger partial charge in [0.2, 0.25) is 5.95 Å². The van der Waals surface area contributed by atoms with Crippen molar-refractivity contribution in [2.24, 2.45) is 16.9 Å². The van der Waals surface area contributed by atoms with Crippen LogP contribution < -0.4 is 4.90 Å². The number of nitrogens with zero attached hydrogens (tertiary/aromatic N) is 8. The summed E-state index contributed by atoms with van der Waals surface area (Å²) < 4.78 is 13.8. The Morgan fingerprint density at radius 2 is 1.86 bits per heavy atom.